The molecule has 0 aliphatic carbocycles. The molecular weight excluding hydrogens is 466 g/mol. The van der Waals surface area contributed by atoms with Gasteiger partial charge < -0.3 is 4.57 Å². The first-order valence-electron chi connectivity index (χ1n) is 11.1. The van der Waals surface area contributed by atoms with E-state index in [1.165, 1.54) is 45.5 Å². The van der Waals surface area contributed by atoms with Crippen LogP contribution in [0.4, 0.5) is 5.69 Å². The van der Waals surface area contributed by atoms with Gasteiger partial charge in [0.05, 0.1) is 20.8 Å². The van der Waals surface area contributed by atoms with Gasteiger partial charge in [0.2, 0.25) is 0 Å². The highest BCUT2D eigenvalue weighted by Gasteiger charge is 2.30. The molecule has 8 heteroatoms. The normalized spacial score (nSPS) is 14.2. The Balaban J connectivity index is 1.43. The fraction of sp³-hybridized carbons (Fsp3) is 0.231. The molecule has 1 amide bonds. The molecule has 6 nitrogen and oxygen atoms in total. The van der Waals surface area contributed by atoms with Gasteiger partial charge in [-0.1, -0.05) is 49.4 Å². The predicted octanol–water partition coefficient (Wildman–Crippen LogP) is 4.86. The monoisotopic (exact) mass is 491 g/mol. The molecule has 0 spiro atoms. The number of fused-ring (bicyclic) bond motifs is 2. The number of nitrogens with zero attached hydrogens (tertiary/aromatic N) is 3. The fourth-order valence-corrected chi connectivity index (χ4v) is 6.79. The van der Waals surface area contributed by atoms with E-state index in [9.17, 15) is 13.2 Å². The smallest absolute Gasteiger partial charge is 0.279 e. The number of aromatic nitrogens is 1. The lowest BCUT2D eigenvalue weighted by molar-refractivity contribution is 0.0998. The standard InChI is InChI=1S/C26H25N3O3S2/c1-17(2)20-10-13-23-24(16-20)33-26(28(23)3)27-25(30)19-8-11-21(12-9-19)34(31,32)29-15-14-18-6-4-5-7-22(18)29/h4-13,16-17H,14-15H2,1-3H3. The maximum Gasteiger partial charge on any atom is 0.279 e. The van der Waals surface area contributed by atoms with Crippen molar-refractivity contribution in [3.05, 3.63) is 88.2 Å². The van der Waals surface area contributed by atoms with E-state index in [0.29, 0.717) is 29.2 Å². The van der Waals surface area contributed by atoms with Crippen molar-refractivity contribution in [1.29, 1.82) is 0 Å². The van der Waals surface area contributed by atoms with Crippen LogP contribution in [0.25, 0.3) is 10.2 Å². The quantitative estimate of drug-likeness (QED) is 0.409. The van der Waals surface area contributed by atoms with E-state index in [1.54, 1.807) is 0 Å². The molecule has 174 valence electrons. The van der Waals surface area contributed by atoms with Gasteiger partial charge in [-0.3, -0.25) is 9.10 Å². The van der Waals surface area contributed by atoms with Crippen molar-refractivity contribution in [2.45, 2.75) is 31.1 Å². The highest BCUT2D eigenvalue weighted by Crippen LogP contribution is 2.32. The molecule has 1 aliphatic rings. The topological polar surface area (TPSA) is 71.7 Å². The van der Waals surface area contributed by atoms with Gasteiger partial charge in [0.25, 0.3) is 15.9 Å². The van der Waals surface area contributed by atoms with E-state index in [4.69, 9.17) is 0 Å². The number of hydrogen-bond acceptors (Lipinski definition) is 4. The Kier molecular flexibility index (Phi) is 5.65. The van der Waals surface area contributed by atoms with Gasteiger partial charge in [-0.25, -0.2) is 8.42 Å². The van der Waals surface area contributed by atoms with Crippen LogP contribution < -0.4 is 9.11 Å². The Labute approximate surface area is 202 Å². The number of benzene rings is 3. The molecule has 1 aromatic heterocycles. The lowest BCUT2D eigenvalue weighted by Gasteiger charge is -2.19. The second kappa shape index (κ2) is 8.52. The van der Waals surface area contributed by atoms with Gasteiger partial charge in [0.15, 0.2) is 4.80 Å². The van der Waals surface area contributed by atoms with Gasteiger partial charge in [-0.15, -0.1) is 0 Å². The summed E-state index contributed by atoms with van der Waals surface area (Å²) in [5, 5.41) is 0. The van der Waals surface area contributed by atoms with Gasteiger partial charge in [-0.05, 0) is 65.9 Å². The molecule has 2 heterocycles. The number of aryl methyl sites for hydroxylation is 1. The zero-order valence-corrected chi connectivity index (χ0v) is 20.9. The molecule has 4 aromatic rings. The van der Waals surface area contributed by atoms with Crippen LogP contribution in [-0.2, 0) is 23.5 Å². The summed E-state index contributed by atoms with van der Waals surface area (Å²) in [5.74, 6) is 0.0179. The van der Waals surface area contributed by atoms with Crippen LogP contribution in [0.1, 0.15) is 41.3 Å². The largest absolute Gasteiger partial charge is 0.319 e. The minimum absolute atomic E-state index is 0.161. The number of anilines is 1. The molecule has 5 rings (SSSR count). The first-order valence-corrected chi connectivity index (χ1v) is 13.4. The summed E-state index contributed by atoms with van der Waals surface area (Å²) in [6.45, 7) is 4.71. The Hall–Kier alpha value is -3.23. The van der Waals surface area contributed by atoms with Crippen molar-refractivity contribution in [3.8, 4) is 0 Å². The average Bonchev–Trinajstić information content (AvgIpc) is 3.40. The van der Waals surface area contributed by atoms with Gasteiger partial charge >= 0.3 is 0 Å². The molecule has 0 saturated carbocycles. The molecule has 34 heavy (non-hydrogen) atoms. The Bertz CT molecular complexity index is 1580. The Morgan fingerprint density at radius 1 is 1.03 bits per heavy atom. The maximum absolute atomic E-state index is 13.2. The van der Waals surface area contributed by atoms with Crippen LogP contribution in [0, 0.1) is 0 Å². The summed E-state index contributed by atoms with van der Waals surface area (Å²) in [7, 11) is -1.81. The third-order valence-corrected chi connectivity index (χ3v) is 9.15. The summed E-state index contributed by atoms with van der Waals surface area (Å²) in [6.07, 6.45) is 0.690. The van der Waals surface area contributed by atoms with Crippen molar-refractivity contribution < 1.29 is 13.2 Å². The summed E-state index contributed by atoms with van der Waals surface area (Å²) >= 11 is 1.47. The number of para-hydroxylation sites is 1. The summed E-state index contributed by atoms with van der Waals surface area (Å²) in [6, 6.07) is 19.9. The van der Waals surface area contributed by atoms with Crippen LogP contribution in [0.2, 0.25) is 0 Å². The van der Waals surface area contributed by atoms with Gasteiger partial charge in [-0.2, -0.15) is 4.99 Å². The van der Waals surface area contributed by atoms with E-state index in [-0.39, 0.29) is 4.90 Å². The first kappa shape index (κ1) is 22.6. The predicted molar refractivity (Wildman–Crippen MR) is 136 cm³/mol. The summed E-state index contributed by atoms with van der Waals surface area (Å²) < 4.78 is 30.8. The molecule has 0 unspecified atom stereocenters. The average molecular weight is 492 g/mol. The van der Waals surface area contributed by atoms with Gasteiger partial charge in [0, 0.05) is 19.2 Å². The fourth-order valence-electron chi connectivity index (χ4n) is 4.22. The maximum atomic E-state index is 13.2. The molecular formula is C26H25N3O3S2. The lowest BCUT2D eigenvalue weighted by Crippen LogP contribution is -2.29. The van der Waals surface area contributed by atoms with Crippen LogP contribution in [0.3, 0.4) is 0 Å². The minimum Gasteiger partial charge on any atom is -0.319 e. The van der Waals surface area contributed by atoms with Crippen molar-refractivity contribution in [2.24, 2.45) is 12.0 Å². The summed E-state index contributed by atoms with van der Waals surface area (Å²) in [5.41, 5.74) is 4.35. The minimum atomic E-state index is -3.70. The number of carbonyl (C=O) groups excluding carboxylic acids is 1. The molecule has 0 atom stereocenters. The number of amides is 1. The third kappa shape index (κ3) is 3.86. The first-order chi connectivity index (χ1) is 16.3. The molecule has 1 aliphatic heterocycles. The number of rotatable bonds is 4. The van der Waals surface area contributed by atoms with E-state index in [0.717, 1.165) is 21.5 Å². The van der Waals surface area contributed by atoms with E-state index >= 15 is 0 Å². The van der Waals surface area contributed by atoms with Crippen LogP contribution >= 0.6 is 11.3 Å². The van der Waals surface area contributed by atoms with Crippen molar-refractivity contribution >= 4 is 43.2 Å². The Morgan fingerprint density at radius 2 is 1.76 bits per heavy atom. The molecule has 3 aromatic carbocycles. The molecule has 0 saturated heterocycles. The van der Waals surface area contributed by atoms with E-state index in [2.05, 4.69) is 37.0 Å². The van der Waals surface area contributed by atoms with Crippen LogP contribution in [0.15, 0.2) is 76.6 Å². The van der Waals surface area contributed by atoms with E-state index in [1.807, 2.05) is 35.9 Å². The molecule has 0 bridgehead atoms. The van der Waals surface area contributed by atoms with Crippen molar-refractivity contribution in [3.63, 3.8) is 0 Å². The zero-order valence-electron chi connectivity index (χ0n) is 19.2. The second-order valence-electron chi connectivity index (χ2n) is 8.72. The van der Waals surface area contributed by atoms with E-state index < -0.39 is 15.9 Å². The second-order valence-corrected chi connectivity index (χ2v) is 11.6. The zero-order chi connectivity index (χ0) is 24.0. The molecule has 0 fully saturated rings. The Morgan fingerprint density at radius 3 is 2.50 bits per heavy atom. The van der Waals surface area contributed by atoms with Gasteiger partial charge in [0.1, 0.15) is 0 Å². The number of thiazole rings is 1. The third-order valence-electron chi connectivity index (χ3n) is 6.23. The SMILES string of the molecule is CC(C)c1ccc2c(c1)sc(=NC(=O)c1ccc(S(=O)(=O)N3CCc4ccccc43)cc1)n2C. The number of hydrogen-bond donors (Lipinski definition) is 0. The lowest BCUT2D eigenvalue weighted by atomic mass is 10.0. The highest BCUT2D eigenvalue weighted by atomic mass is 32.2. The van der Waals surface area contributed by atoms with Crippen molar-refractivity contribution in [2.75, 3.05) is 10.8 Å². The summed E-state index contributed by atoms with van der Waals surface area (Å²) in [4.78, 5) is 18.0. The van der Waals surface area contributed by atoms with Crippen molar-refractivity contribution in [1.82, 2.24) is 4.57 Å². The van der Waals surface area contributed by atoms with Crippen LogP contribution in [-0.4, -0.2) is 25.4 Å². The molecule has 0 radical (unpaired) electrons. The number of sulfonamides is 1. The van der Waals surface area contributed by atoms with Crippen LogP contribution in [0.5, 0.6) is 0 Å². The number of carbonyl (C=O) groups is 1. The molecule has 0 N–H and O–H groups in total. The highest BCUT2D eigenvalue weighted by molar-refractivity contribution is 7.92.